The molecule has 0 saturated heterocycles. The first-order valence-corrected chi connectivity index (χ1v) is 11.6. The Morgan fingerprint density at radius 3 is 2.27 bits per heavy atom. The van der Waals surface area contributed by atoms with Crippen LogP contribution in [0.2, 0.25) is 0 Å². The van der Waals surface area contributed by atoms with Crippen LogP contribution in [0.25, 0.3) is 5.69 Å². The summed E-state index contributed by atoms with van der Waals surface area (Å²) in [5.41, 5.74) is 3.92. The number of hydrogen-bond donors (Lipinski definition) is 0. The Balaban J connectivity index is 1.79. The molecule has 3 aromatic rings. The van der Waals surface area contributed by atoms with Crippen LogP contribution in [0.15, 0.2) is 60.7 Å². The van der Waals surface area contributed by atoms with Gasteiger partial charge in [-0.15, -0.1) is 0 Å². The predicted molar refractivity (Wildman–Crippen MR) is 130 cm³/mol. The van der Waals surface area contributed by atoms with Crippen molar-refractivity contribution in [1.82, 2.24) is 14.7 Å². The number of rotatable bonds is 10. The molecule has 0 fully saturated rings. The molecule has 0 aliphatic heterocycles. The summed E-state index contributed by atoms with van der Waals surface area (Å²) in [7, 11) is 1.82. The summed E-state index contributed by atoms with van der Waals surface area (Å²) in [4.78, 5) is 26.9. The van der Waals surface area contributed by atoms with Gasteiger partial charge in [0.1, 0.15) is 0 Å². The predicted octanol–water partition coefficient (Wildman–Crippen LogP) is 5.27. The number of amides is 1. The largest absolute Gasteiger partial charge is 0.461 e. The highest BCUT2D eigenvalue weighted by Crippen LogP contribution is 2.27. The number of benzene rings is 2. The summed E-state index contributed by atoms with van der Waals surface area (Å²) >= 11 is 0. The van der Waals surface area contributed by atoms with Crippen molar-refractivity contribution in [1.29, 1.82) is 0 Å². The van der Waals surface area contributed by atoms with Crippen LogP contribution in [-0.2, 0) is 11.2 Å². The smallest absolute Gasteiger partial charge is 0.358 e. The molecule has 1 heterocycles. The van der Waals surface area contributed by atoms with Crippen LogP contribution in [-0.4, -0.2) is 46.8 Å². The number of carbonyl (C=O) groups is 2. The van der Waals surface area contributed by atoms with Crippen LogP contribution in [0.3, 0.4) is 0 Å². The van der Waals surface area contributed by atoms with Crippen molar-refractivity contribution in [2.75, 3.05) is 20.2 Å². The summed E-state index contributed by atoms with van der Waals surface area (Å²) in [5.74, 6) is -0.174. The second-order valence-corrected chi connectivity index (χ2v) is 8.11. The molecule has 0 unspecified atom stereocenters. The third-order valence-electron chi connectivity index (χ3n) is 5.91. The van der Waals surface area contributed by atoms with Gasteiger partial charge in [-0.25, -0.2) is 9.48 Å². The van der Waals surface area contributed by atoms with E-state index >= 15 is 0 Å². The van der Waals surface area contributed by atoms with Crippen LogP contribution in [0.5, 0.6) is 0 Å². The topological polar surface area (TPSA) is 64.4 Å². The molecule has 2 aromatic carbocycles. The lowest BCUT2D eigenvalue weighted by Crippen LogP contribution is -2.28. The molecule has 0 atom stereocenters. The fourth-order valence-electron chi connectivity index (χ4n) is 3.91. The van der Waals surface area contributed by atoms with E-state index in [2.05, 4.69) is 31.1 Å². The van der Waals surface area contributed by atoms with Crippen LogP contribution < -0.4 is 0 Å². The molecular weight excluding hydrogens is 414 g/mol. The highest BCUT2D eigenvalue weighted by atomic mass is 16.5. The van der Waals surface area contributed by atoms with Gasteiger partial charge in [0.15, 0.2) is 5.69 Å². The molecule has 1 amide bonds. The van der Waals surface area contributed by atoms with E-state index in [-0.39, 0.29) is 11.8 Å². The lowest BCUT2D eigenvalue weighted by Gasteiger charge is -2.18. The van der Waals surface area contributed by atoms with E-state index in [9.17, 15) is 9.59 Å². The minimum atomic E-state index is -0.421. The van der Waals surface area contributed by atoms with Crippen LogP contribution in [0.1, 0.15) is 71.6 Å². The van der Waals surface area contributed by atoms with Gasteiger partial charge in [0.25, 0.3) is 5.91 Å². The van der Waals surface area contributed by atoms with Crippen LogP contribution in [0, 0.1) is 0 Å². The molecule has 6 heteroatoms. The van der Waals surface area contributed by atoms with E-state index in [4.69, 9.17) is 4.74 Å². The highest BCUT2D eigenvalue weighted by Gasteiger charge is 2.21. The van der Waals surface area contributed by atoms with E-state index in [0.29, 0.717) is 24.4 Å². The second-order valence-electron chi connectivity index (χ2n) is 8.11. The number of ether oxygens (including phenoxy) is 1. The number of carbonyl (C=O) groups excluding carboxylic acids is 2. The highest BCUT2D eigenvalue weighted by molar-refractivity contribution is 5.94. The summed E-state index contributed by atoms with van der Waals surface area (Å²) in [6.45, 7) is 6.99. The number of esters is 1. The van der Waals surface area contributed by atoms with Gasteiger partial charge < -0.3 is 9.64 Å². The Bertz CT molecular complexity index is 1050. The fourth-order valence-corrected chi connectivity index (χ4v) is 3.91. The van der Waals surface area contributed by atoms with Crippen molar-refractivity contribution in [3.05, 3.63) is 83.2 Å². The average molecular weight is 448 g/mol. The number of likely N-dealkylation sites (N-methyl/N-ethyl adjacent to an activating group) is 1. The fraction of sp³-hybridized carbons (Fsp3) is 0.370. The SMILES string of the molecule is CCOC(=O)c1cc(C(CC)CC)n(-c2ccc(C(=O)N(C)CCc3ccccc3)cc2)n1. The molecule has 174 valence electrons. The maximum atomic E-state index is 12.9. The zero-order valence-electron chi connectivity index (χ0n) is 20.0. The van der Waals surface area contributed by atoms with E-state index in [1.807, 2.05) is 55.6 Å². The molecule has 0 N–H and O–H groups in total. The summed E-state index contributed by atoms with van der Waals surface area (Å²) in [5, 5.41) is 4.54. The zero-order valence-corrected chi connectivity index (χ0v) is 20.0. The Hall–Kier alpha value is -3.41. The average Bonchev–Trinajstić information content (AvgIpc) is 3.29. The third kappa shape index (κ3) is 5.89. The molecule has 1 aromatic heterocycles. The standard InChI is InChI=1S/C27H33N3O3/c1-5-21(6-2)25-19-24(27(32)33-7-3)28-30(25)23-15-13-22(14-16-23)26(31)29(4)18-17-20-11-9-8-10-12-20/h8-16,19,21H,5-7,17-18H2,1-4H3. The van der Waals surface area contributed by atoms with Gasteiger partial charge in [-0.2, -0.15) is 5.10 Å². The molecule has 6 nitrogen and oxygen atoms in total. The molecule has 0 aliphatic rings. The molecule has 33 heavy (non-hydrogen) atoms. The molecular formula is C27H33N3O3. The van der Waals surface area contributed by atoms with Crippen molar-refractivity contribution in [2.24, 2.45) is 0 Å². The van der Waals surface area contributed by atoms with Crippen LogP contribution in [0.4, 0.5) is 0 Å². The van der Waals surface area contributed by atoms with Gasteiger partial charge in [-0.05, 0) is 62.1 Å². The lowest BCUT2D eigenvalue weighted by atomic mass is 9.99. The first-order valence-electron chi connectivity index (χ1n) is 11.6. The van der Waals surface area contributed by atoms with E-state index in [1.54, 1.807) is 16.5 Å². The monoisotopic (exact) mass is 447 g/mol. The van der Waals surface area contributed by atoms with E-state index < -0.39 is 5.97 Å². The molecule has 0 spiro atoms. The molecule has 0 saturated carbocycles. The summed E-state index contributed by atoms with van der Waals surface area (Å²) in [6.07, 6.45) is 2.68. The number of hydrogen-bond acceptors (Lipinski definition) is 4. The van der Waals surface area contributed by atoms with Gasteiger partial charge in [0, 0.05) is 30.8 Å². The van der Waals surface area contributed by atoms with Gasteiger partial charge in [0.2, 0.25) is 0 Å². The summed E-state index contributed by atoms with van der Waals surface area (Å²) in [6, 6.07) is 19.4. The first-order chi connectivity index (χ1) is 16.0. The normalized spacial score (nSPS) is 10.9. The molecule has 3 rings (SSSR count). The van der Waals surface area contributed by atoms with Crippen molar-refractivity contribution in [3.63, 3.8) is 0 Å². The summed E-state index contributed by atoms with van der Waals surface area (Å²) < 4.78 is 6.95. The lowest BCUT2D eigenvalue weighted by molar-refractivity contribution is 0.0518. The zero-order chi connectivity index (χ0) is 23.8. The van der Waals surface area contributed by atoms with Gasteiger partial charge >= 0.3 is 5.97 Å². The Labute approximate surface area is 196 Å². The number of aromatic nitrogens is 2. The minimum absolute atomic E-state index is 0.0228. The van der Waals surface area contributed by atoms with E-state index in [0.717, 1.165) is 30.6 Å². The minimum Gasteiger partial charge on any atom is -0.461 e. The van der Waals surface area contributed by atoms with Crippen molar-refractivity contribution < 1.29 is 14.3 Å². The van der Waals surface area contributed by atoms with Gasteiger partial charge in [-0.1, -0.05) is 44.2 Å². The second kappa shape index (κ2) is 11.5. The Morgan fingerprint density at radius 1 is 1.00 bits per heavy atom. The van der Waals surface area contributed by atoms with Crippen molar-refractivity contribution in [2.45, 2.75) is 46.0 Å². The van der Waals surface area contributed by atoms with Crippen molar-refractivity contribution >= 4 is 11.9 Å². The molecule has 0 aliphatic carbocycles. The van der Waals surface area contributed by atoms with Gasteiger partial charge in [-0.3, -0.25) is 4.79 Å². The van der Waals surface area contributed by atoms with Crippen LogP contribution >= 0.6 is 0 Å². The quantitative estimate of drug-likeness (QED) is 0.397. The van der Waals surface area contributed by atoms with Crippen molar-refractivity contribution in [3.8, 4) is 5.69 Å². The Morgan fingerprint density at radius 2 is 1.67 bits per heavy atom. The van der Waals surface area contributed by atoms with E-state index in [1.165, 1.54) is 5.56 Å². The molecule has 0 radical (unpaired) electrons. The van der Waals surface area contributed by atoms with Gasteiger partial charge in [0.05, 0.1) is 12.3 Å². The first kappa shape index (κ1) is 24.2. The Kier molecular flexibility index (Phi) is 8.41. The molecule has 0 bridgehead atoms. The third-order valence-corrected chi connectivity index (χ3v) is 5.91. The maximum absolute atomic E-state index is 12.9. The maximum Gasteiger partial charge on any atom is 0.358 e. The number of nitrogens with zero attached hydrogens (tertiary/aromatic N) is 3.